The van der Waals surface area contributed by atoms with Gasteiger partial charge in [-0.2, -0.15) is 0 Å². The summed E-state index contributed by atoms with van der Waals surface area (Å²) in [5.41, 5.74) is 0. The lowest BCUT2D eigenvalue weighted by Gasteiger charge is -2.01. The molecular formula is C7H13FO3. The van der Waals surface area contributed by atoms with Gasteiger partial charge >= 0.3 is 5.97 Å². The van der Waals surface area contributed by atoms with Gasteiger partial charge in [0.05, 0.1) is 0 Å². The van der Waals surface area contributed by atoms with Crippen LogP contribution in [0.3, 0.4) is 0 Å². The number of hydrogen-bond acceptors (Lipinski definition) is 2. The number of aliphatic carboxylic acids is 1. The van der Waals surface area contributed by atoms with Crippen molar-refractivity contribution >= 4 is 5.97 Å². The Kier molecular flexibility index (Phi) is 5.74. The van der Waals surface area contributed by atoms with Crippen LogP contribution >= 0.6 is 0 Å². The van der Waals surface area contributed by atoms with E-state index in [-0.39, 0.29) is 6.42 Å². The van der Waals surface area contributed by atoms with Crippen LogP contribution in [-0.2, 0) is 9.53 Å². The number of hydrogen-bond donors (Lipinski definition) is 1. The highest BCUT2D eigenvalue weighted by Gasteiger charge is 2.13. The van der Waals surface area contributed by atoms with E-state index in [2.05, 4.69) is 0 Å². The van der Waals surface area contributed by atoms with E-state index in [1.54, 1.807) is 7.11 Å². The second-order valence-electron chi connectivity index (χ2n) is 2.29. The van der Waals surface area contributed by atoms with E-state index in [4.69, 9.17) is 9.84 Å². The molecule has 0 aliphatic rings. The van der Waals surface area contributed by atoms with E-state index in [9.17, 15) is 9.18 Å². The zero-order valence-corrected chi connectivity index (χ0v) is 6.55. The molecule has 66 valence electrons. The molecule has 0 aliphatic carbocycles. The fourth-order valence-electron chi connectivity index (χ4n) is 0.693. The molecule has 0 saturated heterocycles. The predicted molar refractivity (Wildman–Crippen MR) is 38.3 cm³/mol. The molecule has 0 radical (unpaired) electrons. The molecule has 3 nitrogen and oxygen atoms in total. The molecule has 0 rings (SSSR count). The second kappa shape index (κ2) is 6.09. The lowest BCUT2D eigenvalue weighted by molar-refractivity contribution is -0.143. The summed E-state index contributed by atoms with van der Waals surface area (Å²) >= 11 is 0. The molecule has 0 aromatic carbocycles. The minimum atomic E-state index is -1.72. The highest BCUT2D eigenvalue weighted by atomic mass is 19.1. The van der Waals surface area contributed by atoms with E-state index in [0.29, 0.717) is 19.4 Å². The Balaban J connectivity index is 3.17. The minimum Gasteiger partial charge on any atom is -0.479 e. The van der Waals surface area contributed by atoms with Gasteiger partial charge in [0.25, 0.3) is 0 Å². The zero-order valence-electron chi connectivity index (χ0n) is 6.55. The van der Waals surface area contributed by atoms with Gasteiger partial charge in [0, 0.05) is 13.7 Å². The third-order valence-corrected chi connectivity index (χ3v) is 1.32. The van der Waals surface area contributed by atoms with Crippen LogP contribution in [0.4, 0.5) is 4.39 Å². The Bertz CT molecular complexity index is 116. The number of alkyl halides is 1. The summed E-state index contributed by atoms with van der Waals surface area (Å²) in [5, 5.41) is 8.13. The van der Waals surface area contributed by atoms with Gasteiger partial charge in [0.2, 0.25) is 0 Å². The maximum absolute atomic E-state index is 12.3. The SMILES string of the molecule is COCCCC[C@H](F)C(=O)O. The summed E-state index contributed by atoms with van der Waals surface area (Å²) in [6, 6.07) is 0. The first kappa shape index (κ1) is 10.4. The van der Waals surface area contributed by atoms with E-state index < -0.39 is 12.1 Å². The molecule has 0 bridgehead atoms. The van der Waals surface area contributed by atoms with Crippen molar-refractivity contribution in [2.24, 2.45) is 0 Å². The van der Waals surface area contributed by atoms with Crippen molar-refractivity contribution in [3.8, 4) is 0 Å². The van der Waals surface area contributed by atoms with Crippen molar-refractivity contribution in [2.45, 2.75) is 25.4 Å². The molecule has 0 spiro atoms. The fraction of sp³-hybridized carbons (Fsp3) is 0.857. The van der Waals surface area contributed by atoms with Crippen LogP contribution in [-0.4, -0.2) is 31.0 Å². The summed E-state index contributed by atoms with van der Waals surface area (Å²) in [5.74, 6) is -1.37. The highest BCUT2D eigenvalue weighted by molar-refractivity contribution is 5.71. The van der Waals surface area contributed by atoms with Crippen molar-refractivity contribution in [2.75, 3.05) is 13.7 Å². The van der Waals surface area contributed by atoms with Crippen LogP contribution in [0, 0.1) is 0 Å². The summed E-state index contributed by atoms with van der Waals surface area (Å²) < 4.78 is 17.0. The molecule has 0 unspecified atom stereocenters. The van der Waals surface area contributed by atoms with Gasteiger partial charge in [-0.1, -0.05) is 0 Å². The molecule has 11 heavy (non-hydrogen) atoms. The molecule has 1 N–H and O–H groups in total. The zero-order chi connectivity index (χ0) is 8.69. The first-order valence-electron chi connectivity index (χ1n) is 3.54. The molecule has 0 aromatic heterocycles. The van der Waals surface area contributed by atoms with Gasteiger partial charge in [-0.15, -0.1) is 0 Å². The largest absolute Gasteiger partial charge is 0.479 e. The average molecular weight is 164 g/mol. The van der Waals surface area contributed by atoms with Crippen LogP contribution in [0.25, 0.3) is 0 Å². The molecule has 1 atom stereocenters. The second-order valence-corrected chi connectivity index (χ2v) is 2.29. The average Bonchev–Trinajstić information content (AvgIpc) is 1.97. The fourth-order valence-corrected chi connectivity index (χ4v) is 0.693. The minimum absolute atomic E-state index is 0.0820. The number of carboxylic acid groups (broad SMARTS) is 1. The lowest BCUT2D eigenvalue weighted by Crippen LogP contribution is -2.14. The molecular weight excluding hydrogens is 151 g/mol. The maximum atomic E-state index is 12.3. The summed E-state index contributed by atoms with van der Waals surface area (Å²) in [4.78, 5) is 9.96. The Hall–Kier alpha value is -0.640. The first-order chi connectivity index (χ1) is 5.18. The van der Waals surface area contributed by atoms with Gasteiger partial charge in [-0.05, 0) is 19.3 Å². The van der Waals surface area contributed by atoms with Crippen molar-refractivity contribution in [3.63, 3.8) is 0 Å². The summed E-state index contributed by atoms with van der Waals surface area (Å²) in [6.07, 6.45) is -0.364. The third kappa shape index (κ3) is 5.79. The van der Waals surface area contributed by atoms with E-state index >= 15 is 0 Å². The quantitative estimate of drug-likeness (QED) is 0.600. The monoisotopic (exact) mass is 164 g/mol. The van der Waals surface area contributed by atoms with Gasteiger partial charge in [-0.25, -0.2) is 9.18 Å². The summed E-state index contributed by atoms with van der Waals surface area (Å²) in [6.45, 7) is 0.562. The summed E-state index contributed by atoms with van der Waals surface area (Å²) in [7, 11) is 1.56. The van der Waals surface area contributed by atoms with Crippen LogP contribution in [0.15, 0.2) is 0 Å². The Labute approximate surface area is 65.2 Å². The molecule has 0 amide bonds. The van der Waals surface area contributed by atoms with Gasteiger partial charge < -0.3 is 9.84 Å². The normalized spacial score (nSPS) is 12.9. The third-order valence-electron chi connectivity index (χ3n) is 1.32. The number of rotatable bonds is 6. The van der Waals surface area contributed by atoms with Crippen molar-refractivity contribution in [1.82, 2.24) is 0 Å². The molecule has 0 saturated carbocycles. The van der Waals surface area contributed by atoms with Crippen molar-refractivity contribution < 1.29 is 19.0 Å². The number of ether oxygens (including phenoxy) is 1. The standard InChI is InChI=1S/C7H13FO3/c1-11-5-3-2-4-6(8)7(9)10/h6H,2-5H2,1H3,(H,9,10)/t6-/m0/s1. The van der Waals surface area contributed by atoms with E-state index in [1.165, 1.54) is 0 Å². The van der Waals surface area contributed by atoms with Gasteiger partial charge in [0.1, 0.15) is 0 Å². The van der Waals surface area contributed by atoms with Crippen LogP contribution < -0.4 is 0 Å². The number of carbonyl (C=O) groups is 1. The topological polar surface area (TPSA) is 46.5 Å². The van der Waals surface area contributed by atoms with Crippen molar-refractivity contribution in [1.29, 1.82) is 0 Å². The highest BCUT2D eigenvalue weighted by Crippen LogP contribution is 2.04. The molecule has 4 heteroatoms. The predicted octanol–water partition coefficient (Wildman–Crippen LogP) is 1.23. The Morgan fingerprint density at radius 3 is 2.73 bits per heavy atom. The number of halogens is 1. The maximum Gasteiger partial charge on any atom is 0.338 e. The molecule has 0 aromatic rings. The molecule has 0 heterocycles. The number of unbranched alkanes of at least 4 members (excludes halogenated alkanes) is 1. The number of methoxy groups -OCH3 is 1. The van der Waals surface area contributed by atoms with Gasteiger partial charge in [-0.3, -0.25) is 0 Å². The number of carboxylic acids is 1. The molecule has 0 aliphatic heterocycles. The Morgan fingerprint density at radius 1 is 1.64 bits per heavy atom. The van der Waals surface area contributed by atoms with Crippen molar-refractivity contribution in [3.05, 3.63) is 0 Å². The molecule has 0 fully saturated rings. The van der Waals surface area contributed by atoms with E-state index in [0.717, 1.165) is 0 Å². The lowest BCUT2D eigenvalue weighted by atomic mass is 10.2. The van der Waals surface area contributed by atoms with Crippen LogP contribution in [0.1, 0.15) is 19.3 Å². The van der Waals surface area contributed by atoms with Gasteiger partial charge in [0.15, 0.2) is 6.17 Å². The Morgan fingerprint density at radius 2 is 2.27 bits per heavy atom. The smallest absolute Gasteiger partial charge is 0.338 e. The van der Waals surface area contributed by atoms with Crippen LogP contribution in [0.2, 0.25) is 0 Å². The first-order valence-corrected chi connectivity index (χ1v) is 3.54. The van der Waals surface area contributed by atoms with E-state index in [1.807, 2.05) is 0 Å². The van der Waals surface area contributed by atoms with Crippen LogP contribution in [0.5, 0.6) is 0 Å².